The maximum atomic E-state index is 14.0. The van der Waals surface area contributed by atoms with Gasteiger partial charge in [-0.25, -0.2) is 0 Å². The minimum Gasteiger partial charge on any atom is -0.341 e. The van der Waals surface area contributed by atoms with Crippen LogP contribution in [0, 0.1) is 28.6 Å². The summed E-state index contributed by atoms with van der Waals surface area (Å²) in [5.41, 5.74) is -1.24. The van der Waals surface area contributed by atoms with Crippen molar-refractivity contribution in [3.8, 4) is 0 Å². The third kappa shape index (κ3) is 9.25. The second-order valence-corrected chi connectivity index (χ2v) is 14.0. The third-order valence-corrected chi connectivity index (χ3v) is 10.9. The van der Waals surface area contributed by atoms with Crippen LogP contribution in [-0.4, -0.2) is 53.7 Å². The summed E-state index contributed by atoms with van der Waals surface area (Å²) in [5, 5.41) is 3.33. The topological polar surface area (TPSA) is 66.5 Å². The average molecular weight is 563 g/mol. The van der Waals surface area contributed by atoms with E-state index in [0.717, 1.165) is 58.0 Å². The lowest BCUT2D eigenvalue weighted by Gasteiger charge is -2.55. The lowest BCUT2D eigenvalue weighted by Crippen LogP contribution is -2.64. The van der Waals surface area contributed by atoms with Crippen molar-refractivity contribution in [1.29, 1.82) is 0 Å². The van der Waals surface area contributed by atoms with Crippen molar-refractivity contribution in [3.05, 3.63) is 0 Å². The maximum Gasteiger partial charge on any atom is 0.284 e. The van der Waals surface area contributed by atoms with Crippen LogP contribution in [0.1, 0.15) is 148 Å². The molecule has 5 atom stereocenters. The van der Waals surface area contributed by atoms with Crippen molar-refractivity contribution in [1.82, 2.24) is 10.1 Å². The van der Waals surface area contributed by atoms with Crippen molar-refractivity contribution in [2.24, 2.45) is 28.6 Å². The highest BCUT2D eigenvalue weighted by atomic mass is 16.1. The van der Waals surface area contributed by atoms with E-state index in [1.54, 1.807) is 6.92 Å². The highest BCUT2D eigenvalue weighted by Crippen LogP contribution is 2.46. The van der Waals surface area contributed by atoms with Crippen LogP contribution in [0.25, 0.3) is 0 Å². The van der Waals surface area contributed by atoms with E-state index in [2.05, 4.69) is 86.3 Å². The average Bonchev–Trinajstić information content (AvgIpc) is 2.92. The summed E-state index contributed by atoms with van der Waals surface area (Å²) in [6.45, 7) is 31.6. The van der Waals surface area contributed by atoms with Crippen LogP contribution in [0.3, 0.4) is 0 Å². The van der Waals surface area contributed by atoms with Crippen molar-refractivity contribution < 1.29 is 14.4 Å². The fourth-order valence-corrected chi connectivity index (χ4v) is 7.37. The van der Waals surface area contributed by atoms with E-state index >= 15 is 0 Å². The van der Waals surface area contributed by atoms with E-state index in [9.17, 15) is 14.4 Å². The minimum atomic E-state index is -0.678. The van der Waals surface area contributed by atoms with Crippen molar-refractivity contribution in [2.75, 3.05) is 13.1 Å². The summed E-state index contributed by atoms with van der Waals surface area (Å²) in [4.78, 5) is 41.9. The summed E-state index contributed by atoms with van der Waals surface area (Å²) in [6, 6.07) is 0. The van der Waals surface area contributed by atoms with Gasteiger partial charge in [-0.3, -0.25) is 14.5 Å². The molecule has 0 aromatic heterocycles. The van der Waals surface area contributed by atoms with Crippen molar-refractivity contribution in [2.45, 2.75) is 159 Å². The molecule has 0 aliphatic carbocycles. The van der Waals surface area contributed by atoms with Crippen LogP contribution in [0.5, 0.6) is 0 Å². The number of carbonyl (C=O) groups is 3. The van der Waals surface area contributed by atoms with E-state index in [1.807, 2.05) is 13.8 Å². The van der Waals surface area contributed by atoms with E-state index in [1.165, 1.54) is 0 Å². The number of rotatable bonds is 22. The highest BCUT2D eigenvalue weighted by molar-refractivity contribution is 6.73. The SMILES string of the molecule is CCC(C)C(=O)C(CC)CC(C)(C)CC(C)CN(CC)C(CC)(CC)C(C)(CC)C(=O)BNC(C)(CC)C(C)=O. The molecule has 234 valence electrons. The Morgan fingerprint density at radius 3 is 1.73 bits per heavy atom. The fraction of sp³-hybridized carbons (Fsp3) is 0.912. The molecule has 5 nitrogen and oxygen atoms in total. The van der Waals surface area contributed by atoms with Gasteiger partial charge in [0.25, 0.3) is 7.41 Å². The van der Waals surface area contributed by atoms with Gasteiger partial charge >= 0.3 is 0 Å². The molecular weight excluding hydrogens is 495 g/mol. The van der Waals surface area contributed by atoms with Gasteiger partial charge in [-0.05, 0) is 83.1 Å². The molecule has 0 aromatic rings. The van der Waals surface area contributed by atoms with Crippen LogP contribution in [0.4, 0.5) is 0 Å². The third-order valence-electron chi connectivity index (χ3n) is 10.9. The van der Waals surface area contributed by atoms with Gasteiger partial charge in [0.05, 0.1) is 5.54 Å². The van der Waals surface area contributed by atoms with Crippen molar-refractivity contribution in [3.63, 3.8) is 0 Å². The van der Waals surface area contributed by atoms with Crippen LogP contribution < -0.4 is 5.23 Å². The normalized spacial score (nSPS) is 18.0. The van der Waals surface area contributed by atoms with Gasteiger partial charge in [-0.15, -0.1) is 0 Å². The zero-order chi connectivity index (χ0) is 31.5. The van der Waals surface area contributed by atoms with Crippen LogP contribution in [0.2, 0.25) is 0 Å². The van der Waals surface area contributed by atoms with Crippen molar-refractivity contribution >= 4 is 24.7 Å². The quantitative estimate of drug-likeness (QED) is 0.138. The summed E-state index contributed by atoms with van der Waals surface area (Å²) < 4.78 is 0. The monoisotopic (exact) mass is 563 g/mol. The summed E-state index contributed by atoms with van der Waals surface area (Å²) in [5.74, 6) is 1.18. The van der Waals surface area contributed by atoms with E-state index in [4.69, 9.17) is 0 Å². The molecule has 0 saturated heterocycles. The Balaban J connectivity index is 6.00. The molecule has 0 spiro atoms. The molecule has 0 fully saturated rings. The van der Waals surface area contributed by atoms with Crippen LogP contribution in [-0.2, 0) is 14.4 Å². The molecule has 6 heteroatoms. The Kier molecular flexibility index (Phi) is 16.2. The number of carbonyl (C=O) groups excluding carboxylic acids is 3. The van der Waals surface area contributed by atoms with E-state index in [-0.39, 0.29) is 41.7 Å². The predicted octanol–water partition coefficient (Wildman–Crippen LogP) is 7.59. The molecule has 0 saturated carbocycles. The van der Waals surface area contributed by atoms with Crippen LogP contribution in [0.15, 0.2) is 0 Å². The Morgan fingerprint density at radius 2 is 1.35 bits per heavy atom. The lowest BCUT2D eigenvalue weighted by molar-refractivity contribution is -0.133. The van der Waals surface area contributed by atoms with E-state index < -0.39 is 11.0 Å². The van der Waals surface area contributed by atoms with E-state index in [0.29, 0.717) is 18.1 Å². The van der Waals surface area contributed by atoms with Gasteiger partial charge < -0.3 is 10.0 Å². The molecule has 0 heterocycles. The Morgan fingerprint density at radius 1 is 0.800 bits per heavy atom. The minimum absolute atomic E-state index is 0.0643. The smallest absolute Gasteiger partial charge is 0.284 e. The van der Waals surface area contributed by atoms with Gasteiger partial charge in [0.1, 0.15) is 17.2 Å². The number of ketones is 2. The molecule has 0 aliphatic heterocycles. The Bertz CT molecular complexity index is 809. The van der Waals surface area contributed by atoms with Gasteiger partial charge in [-0.1, -0.05) is 83.1 Å². The van der Waals surface area contributed by atoms with Gasteiger partial charge in [0.15, 0.2) is 0 Å². The second kappa shape index (κ2) is 16.6. The molecular formula is C34H67BN2O3. The molecule has 0 amide bonds. The molecule has 0 bridgehead atoms. The van der Waals surface area contributed by atoms with Gasteiger partial charge in [0.2, 0.25) is 0 Å². The molecule has 40 heavy (non-hydrogen) atoms. The molecule has 0 aromatic carbocycles. The summed E-state index contributed by atoms with van der Waals surface area (Å²) >= 11 is 0. The Hall–Kier alpha value is -1.01. The predicted molar refractivity (Wildman–Crippen MR) is 174 cm³/mol. The maximum absolute atomic E-state index is 14.0. The molecule has 1 N–H and O–H groups in total. The first-order valence-electron chi connectivity index (χ1n) is 16.5. The number of hydrogen-bond donors (Lipinski definition) is 1. The molecule has 0 rings (SSSR count). The zero-order valence-corrected chi connectivity index (χ0v) is 29.2. The number of nitrogens with zero attached hydrogens (tertiary/aromatic N) is 1. The first kappa shape index (κ1) is 39.0. The number of nitrogens with one attached hydrogen (secondary N) is 1. The summed E-state index contributed by atoms with van der Waals surface area (Å²) in [6.07, 6.45) is 6.98. The first-order chi connectivity index (χ1) is 18.4. The molecule has 0 radical (unpaired) electrons. The number of Topliss-reactive ketones (excluding diaryl/α,β-unsaturated/α-hetero) is 2. The highest BCUT2D eigenvalue weighted by Gasteiger charge is 2.52. The van der Waals surface area contributed by atoms with Gasteiger partial charge in [-0.2, -0.15) is 0 Å². The standard InChI is InChI=1S/C34H67BN2O3/c1-15-26(9)29(39)28(16-2)23-31(11,12)22-25(8)24-37(21-7)34(19-5,20-6)32(13,17-3)30(40)35-36-33(14,18-4)27(10)38/h25-26,28,35-36H,15-24H2,1-14H3. The summed E-state index contributed by atoms with van der Waals surface area (Å²) in [7, 11) is 0.207. The first-order valence-corrected chi connectivity index (χ1v) is 16.5. The van der Waals surface area contributed by atoms with Gasteiger partial charge in [0, 0.05) is 29.3 Å². The lowest BCUT2D eigenvalue weighted by atomic mass is 9.55. The zero-order valence-electron chi connectivity index (χ0n) is 29.2. The Labute approximate surface area is 250 Å². The fourth-order valence-electron chi connectivity index (χ4n) is 7.37. The molecule has 0 aliphatic rings. The molecule has 5 unspecified atom stereocenters. The van der Waals surface area contributed by atoms with Crippen LogP contribution >= 0.6 is 0 Å². The largest absolute Gasteiger partial charge is 0.341 e. The number of hydrogen-bond acceptors (Lipinski definition) is 5. The second-order valence-electron chi connectivity index (χ2n) is 14.0.